The molecule has 2 aromatic heterocycles. The highest BCUT2D eigenvalue weighted by molar-refractivity contribution is 7.90. The molecule has 0 atom stereocenters. The summed E-state index contributed by atoms with van der Waals surface area (Å²) in [7, 11) is -4.55. The van der Waals surface area contributed by atoms with Crippen LogP contribution in [0.15, 0.2) is 65.8 Å². The normalized spacial score (nSPS) is 15.0. The van der Waals surface area contributed by atoms with Gasteiger partial charge in [0.15, 0.2) is 0 Å². The zero-order chi connectivity index (χ0) is 29.2. The van der Waals surface area contributed by atoms with Crippen LogP contribution in [0.5, 0.6) is 11.5 Å². The molecule has 5 rings (SSSR count). The number of ether oxygens (including phenoxy) is 2. The standard InChI is InChI=1S/C27H26FN5O7S/c28-27(8-11-39-12-9-27)7-5-17-1-3-21(15-23(17)33(35)36)41(37,38)32-26(34)22-4-2-19(29)14-24(22)40-20-13-18-6-10-30-25(18)31-16-20/h1-4,6,10,13-16H,5,7-9,11-12,29H2,(H,30,31)(H,32,34). The SMILES string of the molecule is Nc1ccc(C(=O)NS(=O)(=O)c2ccc(CCC3(F)CCOCC3)c([N+](=O)[O-])c2)c(Oc2cnc3[nH]ccc3c2)c1. The summed E-state index contributed by atoms with van der Waals surface area (Å²) in [5, 5.41) is 12.5. The number of rotatable bonds is 9. The summed E-state index contributed by atoms with van der Waals surface area (Å²) in [6, 6.07) is 10.8. The van der Waals surface area contributed by atoms with Crippen LogP contribution in [0.2, 0.25) is 0 Å². The molecule has 4 N–H and O–H groups in total. The molecular formula is C27H26FN5O7S. The van der Waals surface area contributed by atoms with E-state index < -0.39 is 37.1 Å². The van der Waals surface area contributed by atoms with Gasteiger partial charge < -0.3 is 20.2 Å². The van der Waals surface area contributed by atoms with E-state index in [2.05, 4.69) is 9.97 Å². The topological polar surface area (TPSA) is 180 Å². The van der Waals surface area contributed by atoms with Gasteiger partial charge in [-0.05, 0) is 43.2 Å². The maximum atomic E-state index is 15.0. The molecular weight excluding hydrogens is 557 g/mol. The fourth-order valence-electron chi connectivity index (χ4n) is 4.59. The van der Waals surface area contributed by atoms with Crippen LogP contribution in [0.3, 0.4) is 0 Å². The predicted octanol–water partition coefficient (Wildman–Crippen LogP) is 4.42. The Labute approximate surface area is 233 Å². The number of halogens is 1. The zero-order valence-electron chi connectivity index (χ0n) is 21.6. The summed E-state index contributed by atoms with van der Waals surface area (Å²) in [6.07, 6.45) is 3.57. The first-order valence-electron chi connectivity index (χ1n) is 12.6. The number of amides is 1. The Balaban J connectivity index is 1.36. The number of anilines is 1. The molecule has 1 aliphatic rings. The highest BCUT2D eigenvalue weighted by atomic mass is 32.2. The summed E-state index contributed by atoms with van der Waals surface area (Å²) in [5.74, 6) is -0.785. The molecule has 0 radical (unpaired) electrons. The van der Waals surface area contributed by atoms with E-state index in [9.17, 15) is 27.7 Å². The van der Waals surface area contributed by atoms with Gasteiger partial charge in [-0.1, -0.05) is 6.07 Å². The minimum atomic E-state index is -4.55. The molecule has 1 fully saturated rings. The van der Waals surface area contributed by atoms with Crippen LogP contribution in [0.4, 0.5) is 15.8 Å². The third kappa shape index (κ3) is 6.28. The zero-order valence-corrected chi connectivity index (χ0v) is 22.4. The first kappa shape index (κ1) is 28.0. The summed E-state index contributed by atoms with van der Waals surface area (Å²) in [4.78, 5) is 30.8. The van der Waals surface area contributed by atoms with E-state index in [0.29, 0.717) is 5.65 Å². The number of benzene rings is 2. The molecule has 2 aromatic carbocycles. The number of carbonyl (C=O) groups excluding carboxylic acids is 1. The van der Waals surface area contributed by atoms with E-state index in [-0.39, 0.29) is 67.2 Å². The molecule has 14 heteroatoms. The molecule has 1 amide bonds. The summed E-state index contributed by atoms with van der Waals surface area (Å²) < 4.78 is 54.1. The Hall–Kier alpha value is -4.56. The average Bonchev–Trinajstić information content (AvgIpc) is 3.40. The number of nitro benzene ring substituents is 1. The number of nitro groups is 1. The smallest absolute Gasteiger partial charge is 0.273 e. The first-order valence-corrected chi connectivity index (χ1v) is 14.1. The minimum Gasteiger partial charge on any atom is -0.455 e. The van der Waals surface area contributed by atoms with Gasteiger partial charge in [0.05, 0.1) is 21.6 Å². The Bertz CT molecular complexity index is 1740. The number of nitrogen functional groups attached to an aromatic ring is 1. The highest BCUT2D eigenvalue weighted by Crippen LogP contribution is 2.33. The maximum absolute atomic E-state index is 15.0. The molecule has 0 unspecified atom stereocenters. The molecule has 0 aliphatic carbocycles. The van der Waals surface area contributed by atoms with Gasteiger partial charge in [0, 0.05) is 61.0 Å². The molecule has 214 valence electrons. The molecule has 41 heavy (non-hydrogen) atoms. The number of pyridine rings is 1. The fraction of sp³-hybridized carbons (Fsp3) is 0.259. The number of hydrogen-bond donors (Lipinski definition) is 3. The van der Waals surface area contributed by atoms with Crippen molar-refractivity contribution in [2.75, 3.05) is 18.9 Å². The van der Waals surface area contributed by atoms with E-state index >= 15 is 0 Å². The second-order valence-electron chi connectivity index (χ2n) is 9.69. The van der Waals surface area contributed by atoms with Crippen LogP contribution in [-0.4, -0.2) is 48.1 Å². The fourth-order valence-corrected chi connectivity index (χ4v) is 5.57. The van der Waals surface area contributed by atoms with Crippen LogP contribution in [0.1, 0.15) is 35.2 Å². The summed E-state index contributed by atoms with van der Waals surface area (Å²) >= 11 is 0. The van der Waals surface area contributed by atoms with E-state index in [1.165, 1.54) is 30.5 Å². The number of fused-ring (bicyclic) bond motifs is 1. The van der Waals surface area contributed by atoms with E-state index in [1.807, 2.05) is 4.72 Å². The number of nitrogens with zero attached hydrogens (tertiary/aromatic N) is 2. The van der Waals surface area contributed by atoms with Gasteiger partial charge in [-0.2, -0.15) is 0 Å². The van der Waals surface area contributed by atoms with Crippen molar-refractivity contribution < 1.29 is 32.0 Å². The van der Waals surface area contributed by atoms with E-state index in [1.54, 1.807) is 18.3 Å². The number of H-pyrrole nitrogens is 1. The molecule has 1 saturated heterocycles. The number of carbonyl (C=O) groups is 1. The number of hydrogen-bond acceptors (Lipinski definition) is 9. The number of nitrogens with one attached hydrogen (secondary N) is 2. The van der Waals surface area contributed by atoms with Crippen molar-refractivity contribution in [3.8, 4) is 11.5 Å². The van der Waals surface area contributed by atoms with Crippen molar-refractivity contribution in [2.24, 2.45) is 0 Å². The number of alkyl halides is 1. The quantitative estimate of drug-likeness (QED) is 0.146. The predicted molar refractivity (Wildman–Crippen MR) is 147 cm³/mol. The average molecular weight is 584 g/mol. The number of aryl methyl sites for hydroxylation is 1. The number of aromatic nitrogens is 2. The van der Waals surface area contributed by atoms with Crippen molar-refractivity contribution in [3.05, 3.63) is 82.2 Å². The van der Waals surface area contributed by atoms with Gasteiger partial charge >= 0.3 is 0 Å². The van der Waals surface area contributed by atoms with Crippen LogP contribution < -0.4 is 15.2 Å². The van der Waals surface area contributed by atoms with Gasteiger partial charge in [-0.25, -0.2) is 22.5 Å². The van der Waals surface area contributed by atoms with Crippen molar-refractivity contribution in [3.63, 3.8) is 0 Å². The lowest BCUT2D eigenvalue weighted by Crippen LogP contribution is -2.32. The van der Waals surface area contributed by atoms with Crippen LogP contribution in [0.25, 0.3) is 11.0 Å². The first-order chi connectivity index (χ1) is 19.5. The highest BCUT2D eigenvalue weighted by Gasteiger charge is 2.33. The van der Waals surface area contributed by atoms with Gasteiger partial charge in [0.1, 0.15) is 22.8 Å². The van der Waals surface area contributed by atoms with Crippen LogP contribution >= 0.6 is 0 Å². The van der Waals surface area contributed by atoms with Gasteiger partial charge in [0.2, 0.25) is 0 Å². The van der Waals surface area contributed by atoms with Crippen LogP contribution in [0, 0.1) is 10.1 Å². The molecule has 3 heterocycles. The minimum absolute atomic E-state index is 0.0241. The molecule has 0 spiro atoms. The molecule has 0 bridgehead atoms. The monoisotopic (exact) mass is 583 g/mol. The Kier molecular flexibility index (Phi) is 7.60. The summed E-state index contributed by atoms with van der Waals surface area (Å²) in [6.45, 7) is 0.546. The number of sulfonamides is 1. The second kappa shape index (κ2) is 11.1. The summed E-state index contributed by atoms with van der Waals surface area (Å²) in [5.41, 5.74) is 4.80. The lowest BCUT2D eigenvalue weighted by molar-refractivity contribution is -0.385. The number of nitrogens with two attached hydrogens (primary N) is 1. The second-order valence-corrected chi connectivity index (χ2v) is 11.4. The van der Waals surface area contributed by atoms with Crippen LogP contribution in [-0.2, 0) is 21.2 Å². The third-order valence-corrected chi connectivity index (χ3v) is 8.20. The third-order valence-electron chi connectivity index (χ3n) is 6.88. The van der Waals surface area contributed by atoms with Crippen molar-refractivity contribution in [2.45, 2.75) is 36.2 Å². The van der Waals surface area contributed by atoms with Crippen molar-refractivity contribution in [1.29, 1.82) is 0 Å². The van der Waals surface area contributed by atoms with Crippen molar-refractivity contribution in [1.82, 2.24) is 14.7 Å². The maximum Gasteiger partial charge on any atom is 0.273 e. The van der Waals surface area contributed by atoms with Gasteiger partial charge in [-0.3, -0.25) is 14.9 Å². The molecule has 0 saturated carbocycles. The molecule has 4 aromatic rings. The number of aromatic amines is 1. The molecule has 12 nitrogen and oxygen atoms in total. The lowest BCUT2D eigenvalue weighted by Gasteiger charge is -2.29. The largest absolute Gasteiger partial charge is 0.455 e. The van der Waals surface area contributed by atoms with Gasteiger partial charge in [-0.15, -0.1) is 0 Å². The van der Waals surface area contributed by atoms with Gasteiger partial charge in [0.25, 0.3) is 21.6 Å². The Morgan fingerprint density at radius 3 is 2.73 bits per heavy atom. The van der Waals surface area contributed by atoms with Crippen molar-refractivity contribution >= 4 is 38.3 Å². The lowest BCUT2D eigenvalue weighted by atomic mass is 9.89. The molecule has 1 aliphatic heterocycles. The Morgan fingerprint density at radius 1 is 1.20 bits per heavy atom. The Morgan fingerprint density at radius 2 is 1.98 bits per heavy atom. The van der Waals surface area contributed by atoms with E-state index in [4.69, 9.17) is 15.2 Å². The van der Waals surface area contributed by atoms with E-state index in [0.717, 1.165) is 17.5 Å².